The molecule has 4 amide bonds. The molecule has 1 spiro atoms. The van der Waals surface area contributed by atoms with Crippen molar-refractivity contribution in [3.05, 3.63) is 96.1 Å². The van der Waals surface area contributed by atoms with Crippen LogP contribution in [0.1, 0.15) is 11.1 Å². The lowest BCUT2D eigenvalue weighted by molar-refractivity contribution is -0.0234. The van der Waals surface area contributed by atoms with Crippen molar-refractivity contribution in [2.24, 2.45) is 0 Å². The van der Waals surface area contributed by atoms with Gasteiger partial charge in [0.15, 0.2) is 11.9 Å². The zero-order valence-electron chi connectivity index (χ0n) is 17.9. The van der Waals surface area contributed by atoms with E-state index in [2.05, 4.69) is 0 Å². The number of nitrogens with zero attached hydrogens (tertiary/aromatic N) is 4. The normalized spacial score (nSPS) is 22.7. The fourth-order valence-electron chi connectivity index (χ4n) is 4.83. The molecule has 2 unspecified atom stereocenters. The van der Waals surface area contributed by atoms with Crippen LogP contribution >= 0.6 is 0 Å². The molecule has 2 aliphatic heterocycles. The van der Waals surface area contributed by atoms with Crippen molar-refractivity contribution in [3.63, 3.8) is 0 Å². The molecule has 5 rings (SSSR count). The average molecular weight is 428 g/mol. The lowest BCUT2D eigenvalue weighted by Crippen LogP contribution is -2.67. The van der Waals surface area contributed by atoms with Gasteiger partial charge in [0, 0.05) is 25.3 Å². The smallest absolute Gasteiger partial charge is 0.331 e. The van der Waals surface area contributed by atoms with Gasteiger partial charge in [-0.05, 0) is 23.8 Å². The van der Waals surface area contributed by atoms with Crippen molar-refractivity contribution in [3.8, 4) is 0 Å². The Balaban J connectivity index is 1.73. The van der Waals surface area contributed by atoms with Crippen LogP contribution in [-0.2, 0) is 12.2 Å². The fraction of sp³-hybridized carbons (Fsp3) is 0.200. The Kier molecular flexibility index (Phi) is 4.64. The summed E-state index contributed by atoms with van der Waals surface area (Å²) >= 11 is 0. The Morgan fingerprint density at radius 2 is 1.41 bits per heavy atom. The predicted molar refractivity (Wildman–Crippen MR) is 122 cm³/mol. The molecule has 7 nitrogen and oxygen atoms in total. The van der Waals surface area contributed by atoms with Gasteiger partial charge in [0.2, 0.25) is 0 Å². The molecule has 0 aromatic heterocycles. The summed E-state index contributed by atoms with van der Waals surface area (Å²) < 4.78 is 0. The molecule has 0 aliphatic carbocycles. The molecular formula is C25H24N4O3. The highest BCUT2D eigenvalue weighted by Crippen LogP contribution is 2.50. The van der Waals surface area contributed by atoms with Crippen LogP contribution < -0.4 is 9.80 Å². The number of aliphatic hydroxyl groups excluding tert-OH is 1. The van der Waals surface area contributed by atoms with Gasteiger partial charge in [0.1, 0.15) is 0 Å². The standard InChI is InChI=1S/C25H24N4O3/c1-26-21-16-10-9-15-20(21)25(29(23(26)31)19-13-7-4-8-14-19)22(30)28(24(32)27(25)2)17-18-11-5-3-6-12-18/h3-16,22,30H,17H2,1-2H3. The number of carbonyl (C=O) groups is 2. The van der Waals surface area contributed by atoms with Gasteiger partial charge in [0.05, 0.1) is 12.2 Å². The molecular weight excluding hydrogens is 404 g/mol. The molecule has 162 valence electrons. The van der Waals surface area contributed by atoms with Crippen LogP contribution in [0.2, 0.25) is 0 Å². The highest BCUT2D eigenvalue weighted by Gasteiger charge is 2.64. The summed E-state index contributed by atoms with van der Waals surface area (Å²) in [6, 6.07) is 25.4. The Labute approximate surface area is 186 Å². The molecule has 1 fully saturated rings. The summed E-state index contributed by atoms with van der Waals surface area (Å²) in [7, 11) is 3.34. The number of hydrogen-bond donors (Lipinski definition) is 1. The minimum atomic E-state index is -1.42. The number of benzene rings is 3. The number of hydrogen-bond acceptors (Lipinski definition) is 3. The summed E-state index contributed by atoms with van der Waals surface area (Å²) in [6.45, 7) is 0.224. The second kappa shape index (κ2) is 7.39. The summed E-state index contributed by atoms with van der Waals surface area (Å²) in [5, 5.41) is 11.8. The zero-order chi connectivity index (χ0) is 22.5. The molecule has 1 N–H and O–H groups in total. The van der Waals surface area contributed by atoms with E-state index in [4.69, 9.17) is 0 Å². The summed E-state index contributed by atoms with van der Waals surface area (Å²) in [5.74, 6) is 0. The van der Waals surface area contributed by atoms with Gasteiger partial charge in [-0.1, -0.05) is 66.7 Å². The number of amides is 4. The van der Waals surface area contributed by atoms with Gasteiger partial charge in [-0.25, -0.2) is 9.59 Å². The van der Waals surface area contributed by atoms with Crippen molar-refractivity contribution in [2.75, 3.05) is 23.9 Å². The average Bonchev–Trinajstić information content (AvgIpc) is 3.01. The number of urea groups is 2. The van der Waals surface area contributed by atoms with E-state index in [1.165, 1.54) is 14.7 Å². The second-order valence-corrected chi connectivity index (χ2v) is 8.08. The van der Waals surface area contributed by atoms with Crippen LogP contribution in [0.4, 0.5) is 21.0 Å². The van der Waals surface area contributed by atoms with Gasteiger partial charge < -0.3 is 5.11 Å². The number of anilines is 2. The number of carbonyl (C=O) groups excluding carboxylic acids is 2. The highest BCUT2D eigenvalue weighted by molar-refractivity contribution is 6.08. The number of para-hydroxylation sites is 2. The fourth-order valence-corrected chi connectivity index (χ4v) is 4.83. The molecule has 0 radical (unpaired) electrons. The molecule has 2 atom stereocenters. The van der Waals surface area contributed by atoms with Crippen molar-refractivity contribution in [1.29, 1.82) is 0 Å². The van der Waals surface area contributed by atoms with Crippen LogP contribution in [0.15, 0.2) is 84.9 Å². The van der Waals surface area contributed by atoms with Crippen molar-refractivity contribution >= 4 is 23.4 Å². The predicted octanol–water partition coefficient (Wildman–Crippen LogP) is 3.80. The van der Waals surface area contributed by atoms with E-state index in [0.717, 1.165) is 5.56 Å². The van der Waals surface area contributed by atoms with E-state index in [9.17, 15) is 14.7 Å². The molecule has 3 aromatic rings. The van der Waals surface area contributed by atoms with E-state index in [1.54, 1.807) is 19.0 Å². The summed E-state index contributed by atoms with van der Waals surface area (Å²) in [4.78, 5) is 33.2. The number of fused-ring (bicyclic) bond motifs is 2. The SMILES string of the molecule is CN1C(=O)N(c2ccccc2)C2(c3ccccc31)C(O)N(Cc1ccccc1)C(=O)N2C. The van der Waals surface area contributed by atoms with Crippen LogP contribution in [-0.4, -0.2) is 47.3 Å². The molecule has 0 saturated carbocycles. The summed E-state index contributed by atoms with van der Waals surface area (Å²) in [6.07, 6.45) is -1.29. The van der Waals surface area contributed by atoms with Crippen molar-refractivity contribution < 1.29 is 14.7 Å². The zero-order valence-corrected chi connectivity index (χ0v) is 17.9. The number of likely N-dealkylation sites (N-methyl/N-ethyl adjacent to an activating group) is 1. The maximum atomic E-state index is 13.7. The first-order valence-electron chi connectivity index (χ1n) is 10.5. The molecule has 32 heavy (non-hydrogen) atoms. The van der Waals surface area contributed by atoms with Gasteiger partial charge in [-0.3, -0.25) is 19.6 Å². The van der Waals surface area contributed by atoms with Gasteiger partial charge in [-0.15, -0.1) is 0 Å². The Morgan fingerprint density at radius 1 is 0.812 bits per heavy atom. The largest absolute Gasteiger partial charge is 0.369 e. The van der Waals surface area contributed by atoms with Gasteiger partial charge in [0.25, 0.3) is 0 Å². The third kappa shape index (κ3) is 2.64. The summed E-state index contributed by atoms with van der Waals surface area (Å²) in [5.41, 5.74) is 1.41. The maximum Gasteiger partial charge on any atom is 0.331 e. The van der Waals surface area contributed by atoms with Gasteiger partial charge >= 0.3 is 12.1 Å². The van der Waals surface area contributed by atoms with Crippen LogP contribution in [0.3, 0.4) is 0 Å². The Bertz CT molecular complexity index is 1170. The Morgan fingerprint density at radius 3 is 2.09 bits per heavy atom. The molecule has 2 heterocycles. The van der Waals surface area contributed by atoms with E-state index in [1.807, 2.05) is 84.9 Å². The molecule has 2 aliphatic rings. The second-order valence-electron chi connectivity index (χ2n) is 8.08. The molecule has 0 bridgehead atoms. The third-order valence-corrected chi connectivity index (χ3v) is 6.39. The lowest BCUT2D eigenvalue weighted by atomic mass is 9.89. The van der Waals surface area contributed by atoms with Gasteiger partial charge in [-0.2, -0.15) is 0 Å². The minimum absolute atomic E-state index is 0.224. The molecule has 3 aromatic carbocycles. The van der Waals surface area contributed by atoms with Crippen LogP contribution in [0, 0.1) is 0 Å². The van der Waals surface area contributed by atoms with Crippen molar-refractivity contribution in [2.45, 2.75) is 18.4 Å². The monoisotopic (exact) mass is 428 g/mol. The lowest BCUT2D eigenvalue weighted by Gasteiger charge is -2.51. The maximum absolute atomic E-state index is 13.7. The first-order valence-corrected chi connectivity index (χ1v) is 10.5. The first-order chi connectivity index (χ1) is 15.5. The highest BCUT2D eigenvalue weighted by atomic mass is 16.3. The molecule has 7 heteroatoms. The molecule has 1 saturated heterocycles. The Hall–Kier alpha value is -3.84. The van der Waals surface area contributed by atoms with E-state index < -0.39 is 11.9 Å². The first kappa shape index (κ1) is 20.1. The minimum Gasteiger partial charge on any atom is -0.369 e. The van der Waals surface area contributed by atoms with Crippen molar-refractivity contribution in [1.82, 2.24) is 9.80 Å². The van der Waals surface area contributed by atoms with E-state index in [0.29, 0.717) is 16.9 Å². The number of aliphatic hydroxyl groups is 1. The van der Waals surface area contributed by atoms with E-state index >= 15 is 0 Å². The van der Waals surface area contributed by atoms with Crippen LogP contribution in [0.25, 0.3) is 0 Å². The van der Waals surface area contributed by atoms with Crippen LogP contribution in [0.5, 0.6) is 0 Å². The third-order valence-electron chi connectivity index (χ3n) is 6.39. The quantitative estimate of drug-likeness (QED) is 0.690. The number of rotatable bonds is 3. The topological polar surface area (TPSA) is 67.3 Å². The van der Waals surface area contributed by atoms with E-state index in [-0.39, 0.29) is 18.6 Å².